The van der Waals surface area contributed by atoms with Gasteiger partial charge >= 0.3 is 0 Å². The highest BCUT2D eigenvalue weighted by molar-refractivity contribution is 6.31. The maximum atomic E-state index is 13.2. The van der Waals surface area contributed by atoms with Crippen LogP contribution in [0.25, 0.3) is 0 Å². The Kier molecular flexibility index (Phi) is 8.49. The van der Waals surface area contributed by atoms with Gasteiger partial charge in [0.05, 0.1) is 11.4 Å². The predicted octanol–water partition coefficient (Wildman–Crippen LogP) is 3.87. The second kappa shape index (κ2) is 12.2. The van der Waals surface area contributed by atoms with Crippen LogP contribution < -0.4 is 15.5 Å². The molecule has 0 aromatic heterocycles. The third-order valence-corrected chi connectivity index (χ3v) is 8.06. The van der Waals surface area contributed by atoms with Gasteiger partial charge in [-0.1, -0.05) is 30.5 Å². The van der Waals surface area contributed by atoms with Crippen molar-refractivity contribution in [3.8, 4) is 0 Å². The van der Waals surface area contributed by atoms with E-state index in [0.29, 0.717) is 54.6 Å². The number of halogens is 1. The van der Waals surface area contributed by atoms with Crippen molar-refractivity contribution in [3.63, 3.8) is 0 Å². The molecule has 2 aliphatic heterocycles. The lowest BCUT2D eigenvalue weighted by Crippen LogP contribution is -2.46. The summed E-state index contributed by atoms with van der Waals surface area (Å²) in [5, 5.41) is 7.00. The molecule has 0 radical (unpaired) electrons. The van der Waals surface area contributed by atoms with Gasteiger partial charge in [0.15, 0.2) is 0 Å². The monoisotopic (exact) mass is 537 g/mol. The summed E-state index contributed by atoms with van der Waals surface area (Å²) in [6.45, 7) is 5.49. The predicted molar refractivity (Wildman–Crippen MR) is 150 cm³/mol. The molecule has 1 saturated carbocycles. The van der Waals surface area contributed by atoms with Crippen LogP contribution in [0.2, 0.25) is 5.02 Å². The first-order chi connectivity index (χ1) is 18.5. The van der Waals surface area contributed by atoms with Crippen LogP contribution in [-0.4, -0.2) is 79.9 Å². The Hall–Kier alpha value is -3.10. The Bertz CT molecular complexity index is 1180. The highest BCUT2D eigenvalue weighted by Crippen LogP contribution is 2.32. The van der Waals surface area contributed by atoms with E-state index in [1.54, 1.807) is 24.3 Å². The fraction of sp³-hybridized carbons (Fsp3) is 0.483. The number of carbonyl (C=O) groups is 3. The smallest absolute Gasteiger partial charge is 0.254 e. The lowest BCUT2D eigenvalue weighted by molar-refractivity contribution is -0.119. The van der Waals surface area contributed by atoms with E-state index in [4.69, 9.17) is 11.6 Å². The fourth-order valence-electron chi connectivity index (χ4n) is 5.68. The van der Waals surface area contributed by atoms with Gasteiger partial charge < -0.3 is 25.3 Å². The molecule has 2 saturated heterocycles. The van der Waals surface area contributed by atoms with Crippen LogP contribution >= 0.6 is 11.6 Å². The molecule has 1 aliphatic carbocycles. The summed E-state index contributed by atoms with van der Waals surface area (Å²) in [5.41, 5.74) is 2.75. The van der Waals surface area contributed by atoms with Crippen LogP contribution in [-0.2, 0) is 4.79 Å². The van der Waals surface area contributed by atoms with Crippen molar-refractivity contribution in [2.45, 2.75) is 32.1 Å². The van der Waals surface area contributed by atoms with Crippen molar-refractivity contribution in [2.24, 2.45) is 5.92 Å². The molecular formula is C29H36ClN5O3. The molecule has 202 valence electrons. The summed E-state index contributed by atoms with van der Waals surface area (Å²) in [7, 11) is 0. The lowest BCUT2D eigenvalue weighted by atomic mass is 10.1. The van der Waals surface area contributed by atoms with E-state index in [9.17, 15) is 14.4 Å². The first kappa shape index (κ1) is 26.5. The van der Waals surface area contributed by atoms with Crippen LogP contribution in [0.5, 0.6) is 0 Å². The number of amides is 3. The molecule has 0 spiro atoms. The Morgan fingerprint density at radius 1 is 0.789 bits per heavy atom. The molecule has 0 bridgehead atoms. The van der Waals surface area contributed by atoms with Crippen LogP contribution in [0.4, 0.5) is 11.4 Å². The van der Waals surface area contributed by atoms with Crippen molar-refractivity contribution in [3.05, 3.63) is 58.6 Å². The van der Waals surface area contributed by atoms with E-state index in [-0.39, 0.29) is 23.6 Å². The molecule has 3 amide bonds. The van der Waals surface area contributed by atoms with E-state index < -0.39 is 0 Å². The first-order valence-electron chi connectivity index (χ1n) is 13.7. The van der Waals surface area contributed by atoms with E-state index in [1.165, 1.54) is 0 Å². The molecule has 2 aromatic rings. The molecule has 2 N–H and O–H groups in total. The van der Waals surface area contributed by atoms with Gasteiger partial charge in [-0.3, -0.25) is 14.4 Å². The summed E-state index contributed by atoms with van der Waals surface area (Å²) in [6, 6.07) is 12.7. The molecule has 0 atom stereocenters. The zero-order valence-electron chi connectivity index (χ0n) is 21.8. The third kappa shape index (κ3) is 6.13. The van der Waals surface area contributed by atoms with Crippen molar-refractivity contribution in [2.75, 3.05) is 62.6 Å². The van der Waals surface area contributed by atoms with Gasteiger partial charge in [-0.05, 0) is 55.7 Å². The lowest BCUT2D eigenvalue weighted by Gasteiger charge is -2.29. The Morgan fingerprint density at radius 2 is 1.50 bits per heavy atom. The number of nitrogens with zero attached hydrogens (tertiary/aromatic N) is 3. The minimum Gasteiger partial charge on any atom is -0.368 e. The van der Waals surface area contributed by atoms with Gasteiger partial charge in [-0.25, -0.2) is 0 Å². The second-order valence-corrected chi connectivity index (χ2v) is 10.8. The highest BCUT2D eigenvalue weighted by atomic mass is 35.5. The minimum atomic E-state index is -0.0268. The maximum absolute atomic E-state index is 13.2. The highest BCUT2D eigenvalue weighted by Gasteiger charge is 2.27. The fourth-order valence-corrected chi connectivity index (χ4v) is 5.87. The topological polar surface area (TPSA) is 85.0 Å². The molecule has 38 heavy (non-hydrogen) atoms. The molecule has 2 heterocycles. The number of carbonyl (C=O) groups excluding carboxylic acids is 3. The van der Waals surface area contributed by atoms with Crippen molar-refractivity contribution >= 4 is 40.7 Å². The van der Waals surface area contributed by atoms with Gasteiger partial charge in [-0.2, -0.15) is 0 Å². The summed E-state index contributed by atoms with van der Waals surface area (Å²) in [5.74, 6) is 0.0121. The minimum absolute atomic E-state index is 0.0106. The van der Waals surface area contributed by atoms with Gasteiger partial charge in [0.25, 0.3) is 11.8 Å². The Balaban J connectivity index is 1.36. The quantitative estimate of drug-likeness (QED) is 0.605. The molecular weight excluding hydrogens is 502 g/mol. The van der Waals surface area contributed by atoms with Crippen molar-refractivity contribution in [1.29, 1.82) is 0 Å². The SMILES string of the molecule is O=C(Nc1cc(C(=O)N2CCNCC2)ccc1N1CCCN(C(=O)c2cccc(Cl)c2)CC1)C1CCCC1. The van der Waals surface area contributed by atoms with Crippen LogP contribution in [0.15, 0.2) is 42.5 Å². The summed E-state index contributed by atoms with van der Waals surface area (Å²) >= 11 is 6.11. The van der Waals surface area contributed by atoms with Gasteiger partial charge in [-0.15, -0.1) is 0 Å². The van der Waals surface area contributed by atoms with Crippen molar-refractivity contribution < 1.29 is 14.4 Å². The van der Waals surface area contributed by atoms with Crippen LogP contribution in [0.1, 0.15) is 52.8 Å². The van der Waals surface area contributed by atoms with E-state index >= 15 is 0 Å². The molecule has 8 nitrogen and oxygen atoms in total. The van der Waals surface area contributed by atoms with E-state index in [2.05, 4.69) is 15.5 Å². The summed E-state index contributed by atoms with van der Waals surface area (Å²) < 4.78 is 0. The van der Waals surface area contributed by atoms with Gasteiger partial charge in [0.2, 0.25) is 5.91 Å². The number of nitrogens with one attached hydrogen (secondary N) is 2. The average molecular weight is 538 g/mol. The number of hydrogen-bond donors (Lipinski definition) is 2. The molecule has 3 fully saturated rings. The maximum Gasteiger partial charge on any atom is 0.254 e. The summed E-state index contributed by atoms with van der Waals surface area (Å²) in [4.78, 5) is 45.4. The van der Waals surface area contributed by atoms with E-state index in [0.717, 1.165) is 57.4 Å². The van der Waals surface area contributed by atoms with Crippen LogP contribution in [0, 0.1) is 5.92 Å². The molecule has 0 unspecified atom stereocenters. The standard InChI is InChI=1S/C29H36ClN5O3/c30-24-8-3-7-22(19-24)28(37)34-14-4-13-33(17-18-34)26-10-9-23(29(38)35-15-11-31-12-16-35)20-25(26)32-27(36)21-5-1-2-6-21/h3,7-10,19-21,31H,1-2,4-6,11-18H2,(H,32,36). The largest absolute Gasteiger partial charge is 0.368 e. The number of rotatable bonds is 5. The Morgan fingerprint density at radius 3 is 2.24 bits per heavy atom. The average Bonchev–Trinajstić information content (AvgIpc) is 3.38. The molecule has 3 aliphatic rings. The number of piperazine rings is 1. The number of benzene rings is 2. The van der Waals surface area contributed by atoms with Crippen molar-refractivity contribution in [1.82, 2.24) is 15.1 Å². The number of anilines is 2. The second-order valence-electron chi connectivity index (χ2n) is 10.4. The van der Waals surface area contributed by atoms with Crippen LogP contribution in [0.3, 0.4) is 0 Å². The molecule has 5 rings (SSSR count). The summed E-state index contributed by atoms with van der Waals surface area (Å²) in [6.07, 6.45) is 4.77. The Labute approximate surface area is 229 Å². The zero-order chi connectivity index (χ0) is 26.5. The van der Waals surface area contributed by atoms with Gasteiger partial charge in [0.1, 0.15) is 0 Å². The normalized spacial score (nSPS) is 18.8. The zero-order valence-corrected chi connectivity index (χ0v) is 22.5. The van der Waals surface area contributed by atoms with E-state index in [1.807, 2.05) is 28.0 Å². The molecule has 2 aromatic carbocycles. The third-order valence-electron chi connectivity index (χ3n) is 7.83. The number of hydrogen-bond acceptors (Lipinski definition) is 5. The molecule has 9 heteroatoms. The first-order valence-corrected chi connectivity index (χ1v) is 14.1. The van der Waals surface area contributed by atoms with Gasteiger partial charge in [0, 0.05) is 74.4 Å².